The molecule has 0 radical (unpaired) electrons. The molecule has 0 saturated heterocycles. The quantitative estimate of drug-likeness (QED) is 0.547. The van der Waals surface area contributed by atoms with E-state index >= 15 is 0 Å². The summed E-state index contributed by atoms with van der Waals surface area (Å²) in [6.07, 6.45) is -8.56. The zero-order valence-electron chi connectivity index (χ0n) is 12.6. The number of carbonyl (C=O) groups is 1. The van der Waals surface area contributed by atoms with E-state index in [1.54, 1.807) is 12.1 Å². The lowest BCUT2D eigenvalue weighted by molar-refractivity contribution is -0.253. The number of halogens is 4. The molecule has 0 bridgehead atoms. The maximum Gasteiger partial charge on any atom is 0.461 e. The molecular formula is C16H13F4NO4. The number of anilines is 1. The second-order valence-electron chi connectivity index (χ2n) is 4.85. The number of aromatic carboxylic acids is 1. The van der Waals surface area contributed by atoms with Gasteiger partial charge in [0.1, 0.15) is 5.75 Å². The van der Waals surface area contributed by atoms with Crippen LogP contribution in [-0.2, 0) is 11.4 Å². The van der Waals surface area contributed by atoms with Crippen LogP contribution in [0.5, 0.6) is 5.75 Å². The molecule has 0 aliphatic rings. The van der Waals surface area contributed by atoms with Crippen LogP contribution < -0.4 is 10.2 Å². The Morgan fingerprint density at radius 2 is 1.88 bits per heavy atom. The first-order valence-electron chi connectivity index (χ1n) is 6.93. The van der Waals surface area contributed by atoms with Gasteiger partial charge in [-0.15, -0.1) is 0 Å². The molecule has 0 atom stereocenters. The van der Waals surface area contributed by atoms with Gasteiger partial charge in [-0.1, -0.05) is 24.3 Å². The predicted octanol–water partition coefficient (Wildman–Crippen LogP) is 4.17. The summed E-state index contributed by atoms with van der Waals surface area (Å²) in [5.74, 6) is -1.60. The molecule has 0 heterocycles. The third-order valence-electron chi connectivity index (χ3n) is 2.98. The molecule has 2 aromatic carbocycles. The van der Waals surface area contributed by atoms with Crippen molar-refractivity contribution in [3.63, 3.8) is 0 Å². The molecule has 0 aliphatic heterocycles. The number of rotatable bonds is 8. The van der Waals surface area contributed by atoms with Crippen molar-refractivity contribution in [2.75, 3.05) is 5.48 Å². The maximum absolute atomic E-state index is 12.9. The molecule has 2 aromatic rings. The highest BCUT2D eigenvalue weighted by molar-refractivity contribution is 5.93. The number of ether oxygens (including phenoxy) is 1. The SMILES string of the molecule is O=C(O)c1ccccc1NOCc1cccc(OC(F)(F)C(F)F)c1. The van der Waals surface area contributed by atoms with Crippen molar-refractivity contribution in [2.24, 2.45) is 0 Å². The lowest BCUT2D eigenvalue weighted by Gasteiger charge is -2.17. The van der Waals surface area contributed by atoms with E-state index in [1.807, 2.05) is 0 Å². The number of alkyl halides is 4. The maximum atomic E-state index is 12.9. The van der Waals surface area contributed by atoms with Gasteiger partial charge in [-0.2, -0.15) is 17.6 Å². The van der Waals surface area contributed by atoms with Crippen molar-refractivity contribution in [2.45, 2.75) is 19.1 Å². The molecule has 2 N–H and O–H groups in total. The minimum atomic E-state index is -4.60. The second-order valence-corrected chi connectivity index (χ2v) is 4.85. The minimum absolute atomic E-state index is 0.0174. The predicted molar refractivity (Wildman–Crippen MR) is 79.8 cm³/mol. The Morgan fingerprint density at radius 1 is 1.16 bits per heavy atom. The molecule has 134 valence electrons. The highest BCUT2D eigenvalue weighted by Crippen LogP contribution is 2.28. The first-order valence-corrected chi connectivity index (χ1v) is 6.93. The van der Waals surface area contributed by atoms with Crippen molar-refractivity contribution >= 4 is 11.7 Å². The van der Waals surface area contributed by atoms with Gasteiger partial charge in [0.05, 0.1) is 17.9 Å². The average Bonchev–Trinajstić information content (AvgIpc) is 2.55. The van der Waals surface area contributed by atoms with Crippen LogP contribution in [0.2, 0.25) is 0 Å². The Balaban J connectivity index is 1.98. The monoisotopic (exact) mass is 359 g/mol. The van der Waals surface area contributed by atoms with E-state index in [-0.39, 0.29) is 17.9 Å². The summed E-state index contributed by atoms with van der Waals surface area (Å²) in [6, 6.07) is 11.0. The smallest absolute Gasteiger partial charge is 0.461 e. The van der Waals surface area contributed by atoms with E-state index in [9.17, 15) is 22.4 Å². The lowest BCUT2D eigenvalue weighted by Crippen LogP contribution is -2.33. The van der Waals surface area contributed by atoms with Crippen molar-refractivity contribution < 1.29 is 37.0 Å². The van der Waals surface area contributed by atoms with Crippen LogP contribution in [-0.4, -0.2) is 23.6 Å². The number of nitrogens with one attached hydrogen (secondary N) is 1. The summed E-state index contributed by atoms with van der Waals surface area (Å²) in [4.78, 5) is 16.2. The first-order chi connectivity index (χ1) is 11.8. The molecule has 0 amide bonds. The Kier molecular flexibility index (Phi) is 5.81. The van der Waals surface area contributed by atoms with Crippen LogP contribution in [0, 0.1) is 0 Å². The molecule has 5 nitrogen and oxygen atoms in total. The topological polar surface area (TPSA) is 67.8 Å². The highest BCUT2D eigenvalue weighted by atomic mass is 19.3. The molecule has 0 fully saturated rings. The molecular weight excluding hydrogens is 346 g/mol. The number of carboxylic acid groups (broad SMARTS) is 1. The lowest BCUT2D eigenvalue weighted by atomic mass is 10.2. The summed E-state index contributed by atoms with van der Waals surface area (Å²) in [6.45, 7) is -0.147. The average molecular weight is 359 g/mol. The van der Waals surface area contributed by atoms with Gasteiger partial charge in [0.2, 0.25) is 0 Å². The number of carboxylic acids is 1. The molecule has 0 aromatic heterocycles. The van der Waals surface area contributed by atoms with Gasteiger partial charge < -0.3 is 9.84 Å². The molecule has 0 unspecified atom stereocenters. The third kappa shape index (κ3) is 5.08. The van der Waals surface area contributed by atoms with E-state index < -0.39 is 24.3 Å². The fourth-order valence-corrected chi connectivity index (χ4v) is 1.86. The molecule has 0 saturated carbocycles. The summed E-state index contributed by atoms with van der Waals surface area (Å²) in [7, 11) is 0. The van der Waals surface area contributed by atoms with Crippen LogP contribution in [0.3, 0.4) is 0 Å². The normalized spacial score (nSPS) is 11.4. The van der Waals surface area contributed by atoms with E-state index in [4.69, 9.17) is 9.94 Å². The molecule has 0 spiro atoms. The Labute approximate surface area is 139 Å². The molecule has 0 aliphatic carbocycles. The standard InChI is InChI=1S/C16H13F4NO4/c17-15(18)16(19,20)25-11-5-3-4-10(8-11)9-24-21-13-7-2-1-6-12(13)14(22)23/h1-8,15,21H,9H2,(H,22,23). The molecule has 25 heavy (non-hydrogen) atoms. The van der Waals surface area contributed by atoms with Crippen molar-refractivity contribution in [1.82, 2.24) is 0 Å². The van der Waals surface area contributed by atoms with E-state index in [1.165, 1.54) is 24.3 Å². The highest BCUT2D eigenvalue weighted by Gasteiger charge is 2.43. The number of hydrogen-bond donors (Lipinski definition) is 2. The van der Waals surface area contributed by atoms with Gasteiger partial charge in [-0.25, -0.2) is 4.79 Å². The first kappa shape index (κ1) is 18.5. The summed E-state index contributed by atoms with van der Waals surface area (Å²) in [5.41, 5.74) is 2.97. The van der Waals surface area contributed by atoms with Gasteiger partial charge in [0.15, 0.2) is 0 Å². The van der Waals surface area contributed by atoms with Crippen LogP contribution in [0.4, 0.5) is 23.2 Å². The number of hydrogen-bond acceptors (Lipinski definition) is 4. The summed E-state index contributed by atoms with van der Waals surface area (Å²) < 4.78 is 54.0. The summed E-state index contributed by atoms with van der Waals surface area (Å²) >= 11 is 0. The van der Waals surface area contributed by atoms with E-state index in [0.717, 1.165) is 12.1 Å². The summed E-state index contributed by atoms with van der Waals surface area (Å²) in [5, 5.41) is 9.03. The largest absolute Gasteiger partial charge is 0.478 e. The number of benzene rings is 2. The van der Waals surface area contributed by atoms with Gasteiger partial charge in [-0.3, -0.25) is 10.3 Å². The van der Waals surface area contributed by atoms with Gasteiger partial charge >= 0.3 is 18.5 Å². The van der Waals surface area contributed by atoms with Crippen LogP contribution in [0.1, 0.15) is 15.9 Å². The van der Waals surface area contributed by atoms with Crippen molar-refractivity contribution in [1.29, 1.82) is 0 Å². The van der Waals surface area contributed by atoms with Crippen LogP contribution >= 0.6 is 0 Å². The van der Waals surface area contributed by atoms with Gasteiger partial charge in [-0.05, 0) is 29.8 Å². The zero-order valence-corrected chi connectivity index (χ0v) is 12.6. The van der Waals surface area contributed by atoms with Gasteiger partial charge in [0, 0.05) is 0 Å². The van der Waals surface area contributed by atoms with E-state index in [0.29, 0.717) is 5.56 Å². The van der Waals surface area contributed by atoms with Crippen LogP contribution in [0.25, 0.3) is 0 Å². The Morgan fingerprint density at radius 3 is 2.56 bits per heavy atom. The fraction of sp³-hybridized carbons (Fsp3) is 0.188. The van der Waals surface area contributed by atoms with Crippen molar-refractivity contribution in [3.05, 3.63) is 59.7 Å². The van der Waals surface area contributed by atoms with Gasteiger partial charge in [0.25, 0.3) is 0 Å². The minimum Gasteiger partial charge on any atom is -0.478 e. The number of para-hydroxylation sites is 1. The Bertz CT molecular complexity index is 740. The zero-order chi connectivity index (χ0) is 18.4. The van der Waals surface area contributed by atoms with Crippen LogP contribution in [0.15, 0.2) is 48.5 Å². The second kappa shape index (κ2) is 7.84. The van der Waals surface area contributed by atoms with E-state index in [2.05, 4.69) is 10.2 Å². The molecule has 9 heteroatoms. The third-order valence-corrected chi connectivity index (χ3v) is 2.98. The molecule has 2 rings (SSSR count). The Hall–Kier alpha value is -2.81. The van der Waals surface area contributed by atoms with Crippen molar-refractivity contribution in [3.8, 4) is 5.75 Å². The fourth-order valence-electron chi connectivity index (χ4n) is 1.86.